The lowest BCUT2D eigenvalue weighted by molar-refractivity contribution is 0.0591. The normalized spacial score (nSPS) is 18.9. The maximum atomic E-state index is 12.4. The Morgan fingerprint density at radius 1 is 1.44 bits per heavy atom. The lowest BCUT2D eigenvalue weighted by Crippen LogP contribution is -2.42. The van der Waals surface area contributed by atoms with Crippen molar-refractivity contribution in [2.24, 2.45) is 12.5 Å². The minimum Gasteiger partial charge on any atom is -0.397 e. The summed E-state index contributed by atoms with van der Waals surface area (Å²) >= 11 is 0. The Labute approximate surface area is 109 Å². The first-order valence-corrected chi connectivity index (χ1v) is 6.66. The van der Waals surface area contributed by atoms with Crippen molar-refractivity contribution in [3.8, 4) is 0 Å². The molecular formula is C14H23N3O. The number of nitrogens with zero attached hydrogens (tertiary/aromatic N) is 2. The van der Waals surface area contributed by atoms with Gasteiger partial charge >= 0.3 is 0 Å². The molecule has 18 heavy (non-hydrogen) atoms. The second-order valence-electron chi connectivity index (χ2n) is 5.73. The summed E-state index contributed by atoms with van der Waals surface area (Å²) in [5.74, 6) is 0.104. The molecule has 0 bridgehead atoms. The van der Waals surface area contributed by atoms with Crippen LogP contribution in [0.3, 0.4) is 0 Å². The number of rotatable bonds is 2. The first-order valence-electron chi connectivity index (χ1n) is 6.66. The van der Waals surface area contributed by atoms with Gasteiger partial charge in [-0.05, 0) is 24.3 Å². The summed E-state index contributed by atoms with van der Waals surface area (Å²) in [5, 5.41) is 0. The van der Waals surface area contributed by atoms with E-state index in [-0.39, 0.29) is 5.91 Å². The molecular weight excluding hydrogens is 226 g/mol. The van der Waals surface area contributed by atoms with Crippen molar-refractivity contribution < 1.29 is 4.79 Å². The largest absolute Gasteiger partial charge is 0.397 e. The molecule has 1 aromatic heterocycles. The first kappa shape index (κ1) is 13.0. The van der Waals surface area contributed by atoms with Gasteiger partial charge in [-0.25, -0.2) is 0 Å². The molecule has 1 fully saturated rings. The fraction of sp³-hybridized carbons (Fsp3) is 0.643. The van der Waals surface area contributed by atoms with Gasteiger partial charge in [0.25, 0.3) is 5.91 Å². The number of nitrogen functional groups attached to an aromatic ring is 1. The zero-order valence-electron chi connectivity index (χ0n) is 11.6. The van der Waals surface area contributed by atoms with Gasteiger partial charge in [-0.3, -0.25) is 4.79 Å². The maximum absolute atomic E-state index is 12.4. The molecule has 1 saturated heterocycles. The van der Waals surface area contributed by atoms with Crippen molar-refractivity contribution in [1.82, 2.24) is 9.47 Å². The van der Waals surface area contributed by atoms with Crippen LogP contribution < -0.4 is 5.73 Å². The zero-order valence-corrected chi connectivity index (χ0v) is 11.6. The molecule has 4 nitrogen and oxygen atoms in total. The van der Waals surface area contributed by atoms with Gasteiger partial charge < -0.3 is 15.2 Å². The second-order valence-corrected chi connectivity index (χ2v) is 5.73. The highest BCUT2D eigenvalue weighted by Gasteiger charge is 2.31. The van der Waals surface area contributed by atoms with Crippen molar-refractivity contribution in [2.75, 3.05) is 18.8 Å². The van der Waals surface area contributed by atoms with Crippen LogP contribution in [0, 0.1) is 5.41 Å². The maximum Gasteiger partial charge on any atom is 0.270 e. The Hall–Kier alpha value is -1.45. The standard InChI is InChI=1S/C14H23N3O/c1-4-14(2)5-7-17(8-6-14)13(18)12-9-11(15)10-16(12)3/h9-10H,4-8,15H2,1-3H3. The number of carbonyl (C=O) groups is 1. The lowest BCUT2D eigenvalue weighted by Gasteiger charge is -2.38. The highest BCUT2D eigenvalue weighted by Crippen LogP contribution is 2.34. The monoisotopic (exact) mass is 249 g/mol. The molecule has 2 N–H and O–H groups in total. The third-order valence-electron chi connectivity index (χ3n) is 4.36. The van der Waals surface area contributed by atoms with Crippen molar-refractivity contribution in [3.63, 3.8) is 0 Å². The van der Waals surface area contributed by atoms with Crippen molar-refractivity contribution in [1.29, 1.82) is 0 Å². The molecule has 0 spiro atoms. The molecule has 2 heterocycles. The van der Waals surface area contributed by atoms with E-state index in [0.717, 1.165) is 25.9 Å². The number of likely N-dealkylation sites (tertiary alicyclic amines) is 1. The van der Waals surface area contributed by atoms with Gasteiger partial charge in [-0.2, -0.15) is 0 Å². The van der Waals surface area contributed by atoms with Crippen LogP contribution in [0.1, 0.15) is 43.6 Å². The summed E-state index contributed by atoms with van der Waals surface area (Å²) < 4.78 is 1.81. The number of carbonyl (C=O) groups excluding carboxylic acids is 1. The first-order chi connectivity index (χ1) is 8.45. The third-order valence-corrected chi connectivity index (χ3v) is 4.36. The Morgan fingerprint density at radius 3 is 2.50 bits per heavy atom. The molecule has 4 heteroatoms. The molecule has 0 unspecified atom stereocenters. The number of hydrogen-bond acceptors (Lipinski definition) is 2. The van der Waals surface area contributed by atoms with E-state index >= 15 is 0 Å². The highest BCUT2D eigenvalue weighted by molar-refractivity contribution is 5.93. The minimum atomic E-state index is 0.104. The molecule has 0 radical (unpaired) electrons. The van der Waals surface area contributed by atoms with E-state index in [9.17, 15) is 4.79 Å². The van der Waals surface area contributed by atoms with E-state index in [0.29, 0.717) is 16.8 Å². The Kier molecular flexibility index (Phi) is 3.37. The van der Waals surface area contributed by atoms with E-state index in [1.165, 1.54) is 6.42 Å². The Morgan fingerprint density at radius 2 is 2.06 bits per heavy atom. The number of hydrogen-bond donors (Lipinski definition) is 1. The van der Waals surface area contributed by atoms with Gasteiger partial charge in [0.15, 0.2) is 0 Å². The summed E-state index contributed by atoms with van der Waals surface area (Å²) in [7, 11) is 1.86. The predicted molar refractivity (Wildman–Crippen MR) is 73.4 cm³/mol. The molecule has 1 aliphatic rings. The molecule has 0 saturated carbocycles. The van der Waals surface area contributed by atoms with Gasteiger partial charge in [0.2, 0.25) is 0 Å². The van der Waals surface area contributed by atoms with Crippen molar-refractivity contribution in [2.45, 2.75) is 33.1 Å². The van der Waals surface area contributed by atoms with Crippen molar-refractivity contribution >= 4 is 11.6 Å². The van der Waals surface area contributed by atoms with Crippen LogP contribution >= 0.6 is 0 Å². The number of piperidine rings is 1. The predicted octanol–water partition coefficient (Wildman–Crippen LogP) is 2.26. The topological polar surface area (TPSA) is 51.3 Å². The van der Waals surface area contributed by atoms with Crippen molar-refractivity contribution in [3.05, 3.63) is 18.0 Å². The average molecular weight is 249 g/mol. The van der Waals surface area contributed by atoms with Gasteiger partial charge in [0.05, 0.1) is 5.69 Å². The summed E-state index contributed by atoms with van der Waals surface area (Å²) in [4.78, 5) is 14.3. The van der Waals surface area contributed by atoms with Crippen LogP contribution in [0.25, 0.3) is 0 Å². The van der Waals surface area contributed by atoms with Crippen LogP contribution in [-0.4, -0.2) is 28.5 Å². The van der Waals surface area contributed by atoms with Crippen LogP contribution in [0.5, 0.6) is 0 Å². The molecule has 1 aromatic rings. The smallest absolute Gasteiger partial charge is 0.270 e. The summed E-state index contributed by atoms with van der Waals surface area (Å²) in [5.41, 5.74) is 7.46. The summed E-state index contributed by atoms with van der Waals surface area (Å²) in [6, 6.07) is 1.76. The van der Waals surface area contributed by atoms with E-state index in [2.05, 4.69) is 13.8 Å². The molecule has 100 valence electrons. The summed E-state index contributed by atoms with van der Waals surface area (Å²) in [6.07, 6.45) is 5.16. The van der Waals surface area contributed by atoms with Crippen LogP contribution in [0.2, 0.25) is 0 Å². The number of aromatic nitrogens is 1. The van der Waals surface area contributed by atoms with Crippen LogP contribution in [0.15, 0.2) is 12.3 Å². The molecule has 1 aliphatic heterocycles. The van der Waals surface area contributed by atoms with E-state index in [4.69, 9.17) is 5.73 Å². The molecule has 0 atom stereocenters. The van der Waals surface area contributed by atoms with Gasteiger partial charge in [0.1, 0.15) is 5.69 Å². The van der Waals surface area contributed by atoms with E-state index < -0.39 is 0 Å². The fourth-order valence-corrected chi connectivity index (χ4v) is 2.57. The Bertz CT molecular complexity index is 442. The zero-order chi connectivity index (χ0) is 13.3. The third kappa shape index (κ3) is 2.37. The highest BCUT2D eigenvalue weighted by atomic mass is 16.2. The molecule has 0 aliphatic carbocycles. The number of anilines is 1. The van der Waals surface area contributed by atoms with Crippen LogP contribution in [-0.2, 0) is 7.05 Å². The quantitative estimate of drug-likeness (QED) is 0.874. The number of nitrogens with two attached hydrogens (primary N) is 1. The number of aryl methyl sites for hydroxylation is 1. The minimum absolute atomic E-state index is 0.104. The number of amides is 1. The van der Waals surface area contributed by atoms with Gasteiger partial charge in [-0.1, -0.05) is 20.3 Å². The second kappa shape index (κ2) is 4.67. The van der Waals surface area contributed by atoms with E-state index in [1.54, 1.807) is 12.3 Å². The molecule has 2 rings (SSSR count). The van der Waals surface area contributed by atoms with E-state index in [1.807, 2.05) is 16.5 Å². The van der Waals surface area contributed by atoms with Crippen LogP contribution in [0.4, 0.5) is 5.69 Å². The molecule has 0 aromatic carbocycles. The lowest BCUT2D eigenvalue weighted by atomic mass is 9.78. The van der Waals surface area contributed by atoms with Gasteiger partial charge in [0, 0.05) is 26.3 Å². The average Bonchev–Trinajstić information content (AvgIpc) is 2.69. The molecule has 1 amide bonds. The SMILES string of the molecule is CCC1(C)CCN(C(=O)c2cc(N)cn2C)CC1. The Balaban J connectivity index is 2.06. The van der Waals surface area contributed by atoms with Gasteiger partial charge in [-0.15, -0.1) is 0 Å². The fourth-order valence-electron chi connectivity index (χ4n) is 2.57. The summed E-state index contributed by atoms with van der Waals surface area (Å²) in [6.45, 7) is 6.26.